The molecule has 0 aromatic carbocycles. The maximum atomic E-state index is 2.42. The van der Waals surface area contributed by atoms with Crippen molar-refractivity contribution in [2.24, 2.45) is 5.92 Å². The smallest absolute Gasteiger partial charge is 0.0227 e. The van der Waals surface area contributed by atoms with Crippen LogP contribution in [0.15, 0.2) is 23.8 Å². The van der Waals surface area contributed by atoms with Gasteiger partial charge in [0, 0.05) is 0 Å². The average molecular weight is 180 g/mol. The SMILES string of the molecule is C/C=C\C(C)C/C=C(\CC)CCC. The Morgan fingerprint density at radius 2 is 2.00 bits per heavy atom. The van der Waals surface area contributed by atoms with Crippen LogP contribution >= 0.6 is 0 Å². The Morgan fingerprint density at radius 1 is 1.31 bits per heavy atom. The van der Waals surface area contributed by atoms with E-state index in [1.165, 1.54) is 25.7 Å². The second-order valence-corrected chi connectivity index (χ2v) is 3.70. The molecular formula is C13H24. The maximum Gasteiger partial charge on any atom is -0.0227 e. The van der Waals surface area contributed by atoms with Gasteiger partial charge in [0.2, 0.25) is 0 Å². The van der Waals surface area contributed by atoms with Crippen LogP contribution in [0, 0.1) is 5.92 Å². The molecule has 0 aliphatic heterocycles. The molecule has 13 heavy (non-hydrogen) atoms. The molecule has 0 rings (SSSR count). The summed E-state index contributed by atoms with van der Waals surface area (Å²) in [6.07, 6.45) is 11.8. The molecule has 0 aliphatic rings. The molecule has 0 bridgehead atoms. The van der Waals surface area contributed by atoms with Gasteiger partial charge >= 0.3 is 0 Å². The lowest BCUT2D eigenvalue weighted by Crippen LogP contribution is -1.88. The van der Waals surface area contributed by atoms with Gasteiger partial charge in [-0.1, -0.05) is 51.0 Å². The van der Waals surface area contributed by atoms with Gasteiger partial charge in [-0.3, -0.25) is 0 Å². The minimum Gasteiger partial charge on any atom is -0.0914 e. The molecule has 0 fully saturated rings. The Hall–Kier alpha value is -0.520. The predicted octanol–water partition coefficient (Wildman–Crippen LogP) is 4.73. The third-order valence-electron chi connectivity index (χ3n) is 2.32. The summed E-state index contributed by atoms with van der Waals surface area (Å²) in [7, 11) is 0. The fourth-order valence-electron chi connectivity index (χ4n) is 1.50. The largest absolute Gasteiger partial charge is 0.0914 e. The first-order valence-corrected chi connectivity index (χ1v) is 5.55. The molecule has 0 amide bonds. The second-order valence-electron chi connectivity index (χ2n) is 3.70. The molecule has 1 atom stereocenters. The Balaban J connectivity index is 3.90. The molecule has 0 aromatic rings. The molecule has 0 nitrogen and oxygen atoms in total. The molecular weight excluding hydrogens is 156 g/mol. The summed E-state index contributed by atoms with van der Waals surface area (Å²) in [5.41, 5.74) is 1.62. The molecule has 76 valence electrons. The molecule has 0 heteroatoms. The summed E-state index contributed by atoms with van der Waals surface area (Å²) in [6, 6.07) is 0. The third-order valence-corrected chi connectivity index (χ3v) is 2.32. The number of allylic oxidation sites excluding steroid dienone is 4. The van der Waals surface area contributed by atoms with Gasteiger partial charge in [-0.25, -0.2) is 0 Å². The van der Waals surface area contributed by atoms with Crippen LogP contribution in [0.25, 0.3) is 0 Å². The summed E-state index contributed by atoms with van der Waals surface area (Å²) < 4.78 is 0. The molecule has 0 heterocycles. The topological polar surface area (TPSA) is 0 Å². The standard InChI is InChI=1S/C13H24/c1-5-8-12(4)10-11-13(7-3)9-6-2/h5,8,11-12H,6-7,9-10H2,1-4H3/b8-5-,13-11+. The average Bonchev–Trinajstić information content (AvgIpc) is 2.12. The first kappa shape index (κ1) is 12.5. The van der Waals surface area contributed by atoms with Gasteiger partial charge in [0.05, 0.1) is 0 Å². The summed E-state index contributed by atoms with van der Waals surface area (Å²) in [5.74, 6) is 0.698. The van der Waals surface area contributed by atoms with Crippen molar-refractivity contribution in [1.29, 1.82) is 0 Å². The van der Waals surface area contributed by atoms with Crippen LogP contribution in [0.4, 0.5) is 0 Å². The molecule has 0 aliphatic carbocycles. The highest BCUT2D eigenvalue weighted by molar-refractivity contribution is 5.02. The monoisotopic (exact) mass is 180 g/mol. The van der Waals surface area contributed by atoms with Gasteiger partial charge < -0.3 is 0 Å². The van der Waals surface area contributed by atoms with Crippen molar-refractivity contribution in [2.45, 2.75) is 53.4 Å². The van der Waals surface area contributed by atoms with E-state index in [-0.39, 0.29) is 0 Å². The molecule has 1 unspecified atom stereocenters. The van der Waals surface area contributed by atoms with Crippen LogP contribution in [0.2, 0.25) is 0 Å². The van der Waals surface area contributed by atoms with Crippen LogP contribution in [0.5, 0.6) is 0 Å². The first-order chi connectivity index (χ1) is 6.24. The lowest BCUT2D eigenvalue weighted by molar-refractivity contribution is 0.728. The second kappa shape index (κ2) is 8.10. The van der Waals surface area contributed by atoms with E-state index in [9.17, 15) is 0 Å². The van der Waals surface area contributed by atoms with E-state index in [1.54, 1.807) is 5.57 Å². The van der Waals surface area contributed by atoms with Crippen LogP contribution in [0.3, 0.4) is 0 Å². The van der Waals surface area contributed by atoms with Crippen LogP contribution in [-0.2, 0) is 0 Å². The van der Waals surface area contributed by atoms with Gasteiger partial charge in [-0.2, -0.15) is 0 Å². The number of hydrogen-bond donors (Lipinski definition) is 0. The molecule has 0 radical (unpaired) electrons. The first-order valence-electron chi connectivity index (χ1n) is 5.55. The van der Waals surface area contributed by atoms with Gasteiger partial charge in [-0.15, -0.1) is 0 Å². The van der Waals surface area contributed by atoms with Crippen molar-refractivity contribution in [2.75, 3.05) is 0 Å². The predicted molar refractivity (Wildman–Crippen MR) is 61.9 cm³/mol. The van der Waals surface area contributed by atoms with E-state index >= 15 is 0 Å². The maximum absolute atomic E-state index is 2.42. The Labute approximate surface area is 83.7 Å². The van der Waals surface area contributed by atoms with Crippen molar-refractivity contribution in [3.05, 3.63) is 23.8 Å². The summed E-state index contributed by atoms with van der Waals surface area (Å²) in [4.78, 5) is 0. The lowest BCUT2D eigenvalue weighted by atomic mass is 10.0. The Bertz CT molecular complexity index is 163. The van der Waals surface area contributed by atoms with Crippen molar-refractivity contribution in [3.8, 4) is 0 Å². The van der Waals surface area contributed by atoms with E-state index in [1.807, 2.05) is 0 Å². The molecule has 0 aromatic heterocycles. The normalized spacial score (nSPS) is 15.2. The molecule has 0 saturated carbocycles. The zero-order chi connectivity index (χ0) is 10.1. The van der Waals surface area contributed by atoms with E-state index in [0.717, 1.165) is 0 Å². The van der Waals surface area contributed by atoms with Gasteiger partial charge in [0.1, 0.15) is 0 Å². The van der Waals surface area contributed by atoms with E-state index < -0.39 is 0 Å². The third kappa shape index (κ3) is 6.62. The van der Waals surface area contributed by atoms with E-state index in [2.05, 4.69) is 45.9 Å². The zero-order valence-corrected chi connectivity index (χ0v) is 9.64. The summed E-state index contributed by atoms with van der Waals surface area (Å²) in [6.45, 7) is 8.86. The van der Waals surface area contributed by atoms with E-state index in [4.69, 9.17) is 0 Å². The van der Waals surface area contributed by atoms with Crippen molar-refractivity contribution in [1.82, 2.24) is 0 Å². The summed E-state index contributed by atoms with van der Waals surface area (Å²) >= 11 is 0. The number of rotatable bonds is 6. The number of hydrogen-bond acceptors (Lipinski definition) is 0. The quantitative estimate of drug-likeness (QED) is 0.519. The van der Waals surface area contributed by atoms with Gasteiger partial charge in [0.15, 0.2) is 0 Å². The fourth-order valence-corrected chi connectivity index (χ4v) is 1.50. The molecule has 0 N–H and O–H groups in total. The fraction of sp³-hybridized carbons (Fsp3) is 0.692. The minimum atomic E-state index is 0.698. The van der Waals surface area contributed by atoms with Gasteiger partial charge in [0.25, 0.3) is 0 Å². The van der Waals surface area contributed by atoms with Crippen LogP contribution < -0.4 is 0 Å². The van der Waals surface area contributed by atoms with Crippen LogP contribution in [-0.4, -0.2) is 0 Å². The lowest BCUT2D eigenvalue weighted by Gasteiger charge is -2.05. The highest BCUT2D eigenvalue weighted by atomic mass is 14.0. The highest BCUT2D eigenvalue weighted by Gasteiger charge is 1.95. The molecule has 0 spiro atoms. The Morgan fingerprint density at radius 3 is 2.46 bits per heavy atom. The summed E-state index contributed by atoms with van der Waals surface area (Å²) in [5, 5.41) is 0. The highest BCUT2D eigenvalue weighted by Crippen LogP contribution is 2.13. The Kier molecular flexibility index (Phi) is 7.77. The van der Waals surface area contributed by atoms with Gasteiger partial charge in [-0.05, 0) is 32.1 Å². The minimum absolute atomic E-state index is 0.698. The zero-order valence-electron chi connectivity index (χ0n) is 9.64. The van der Waals surface area contributed by atoms with Crippen LogP contribution in [0.1, 0.15) is 53.4 Å². The molecule has 0 saturated heterocycles. The van der Waals surface area contributed by atoms with E-state index in [0.29, 0.717) is 5.92 Å². The van der Waals surface area contributed by atoms with Crippen molar-refractivity contribution < 1.29 is 0 Å². The van der Waals surface area contributed by atoms with Crippen molar-refractivity contribution in [3.63, 3.8) is 0 Å². The van der Waals surface area contributed by atoms with Crippen molar-refractivity contribution >= 4 is 0 Å².